The molecule has 0 bridgehead atoms. The highest BCUT2D eigenvalue weighted by atomic mass is 16.5. The van der Waals surface area contributed by atoms with Gasteiger partial charge in [0.2, 0.25) is 0 Å². The number of hydrogen-bond donors (Lipinski definition) is 2. The van der Waals surface area contributed by atoms with Crippen molar-refractivity contribution in [1.29, 1.82) is 0 Å². The molecule has 1 aliphatic carbocycles. The van der Waals surface area contributed by atoms with Gasteiger partial charge in [-0.15, -0.1) is 0 Å². The first kappa shape index (κ1) is 25.0. The lowest BCUT2D eigenvalue weighted by molar-refractivity contribution is 0.0706. The molecule has 0 atom stereocenters. The van der Waals surface area contributed by atoms with E-state index in [1.54, 1.807) is 17.6 Å². The number of unbranched alkanes of at least 4 members (excludes halogenated alkanes) is 3. The predicted octanol–water partition coefficient (Wildman–Crippen LogP) is 6.34. The highest BCUT2D eigenvalue weighted by Gasteiger charge is 2.38. The predicted molar refractivity (Wildman–Crippen MR) is 130 cm³/mol. The first-order chi connectivity index (χ1) is 15.6. The minimum Gasteiger partial charge on any atom is -0.493 e. The summed E-state index contributed by atoms with van der Waals surface area (Å²) in [6.45, 7) is 11.8. The lowest BCUT2D eigenvalue weighted by Crippen LogP contribution is -2.34. The maximum Gasteiger partial charge on any atom is 0.274 e. The molecule has 0 fully saturated rings. The summed E-state index contributed by atoms with van der Waals surface area (Å²) >= 11 is 0. The molecule has 0 heterocycles. The van der Waals surface area contributed by atoms with Gasteiger partial charge in [0.15, 0.2) is 5.78 Å². The molecule has 1 aliphatic rings. The number of nitrogens with one attached hydrogen (secondary N) is 1. The molecule has 5 nitrogen and oxygen atoms in total. The van der Waals surface area contributed by atoms with Gasteiger partial charge in [0.05, 0.1) is 12.2 Å². The number of carbonyl (C=O) groups excluding carboxylic acids is 2. The normalized spacial score (nSPS) is 16.1. The highest BCUT2D eigenvalue weighted by Crippen LogP contribution is 2.48. The third-order valence-corrected chi connectivity index (χ3v) is 6.96. The molecule has 2 aromatic rings. The fraction of sp³-hybridized carbons (Fsp3) is 0.500. The number of rotatable bonds is 9. The van der Waals surface area contributed by atoms with E-state index in [9.17, 15) is 9.59 Å². The Balaban J connectivity index is 2.02. The van der Waals surface area contributed by atoms with Crippen molar-refractivity contribution in [2.75, 3.05) is 6.61 Å². The Labute approximate surface area is 197 Å². The minimum absolute atomic E-state index is 0.0199. The summed E-state index contributed by atoms with van der Waals surface area (Å²) in [6.07, 6.45) is 6.55. The number of benzene rings is 2. The van der Waals surface area contributed by atoms with E-state index in [1.807, 2.05) is 6.07 Å². The number of amides is 1. The van der Waals surface area contributed by atoms with Crippen molar-refractivity contribution >= 4 is 11.7 Å². The topological polar surface area (TPSA) is 75.6 Å². The van der Waals surface area contributed by atoms with Crippen LogP contribution in [0.2, 0.25) is 0 Å². The van der Waals surface area contributed by atoms with E-state index in [0.717, 1.165) is 32.1 Å². The smallest absolute Gasteiger partial charge is 0.274 e. The van der Waals surface area contributed by atoms with Crippen LogP contribution in [0, 0.1) is 0 Å². The summed E-state index contributed by atoms with van der Waals surface area (Å²) in [4.78, 5) is 25.2. The molecule has 0 aromatic heterocycles. The highest BCUT2D eigenvalue weighted by molar-refractivity contribution is 6.11. The fourth-order valence-corrected chi connectivity index (χ4v) is 4.59. The quantitative estimate of drug-likeness (QED) is 0.202. The maximum absolute atomic E-state index is 13.6. The van der Waals surface area contributed by atoms with Crippen LogP contribution in [0.5, 0.6) is 5.75 Å². The van der Waals surface area contributed by atoms with E-state index in [4.69, 9.17) is 9.94 Å². The number of hydrogen-bond acceptors (Lipinski definition) is 4. The van der Waals surface area contributed by atoms with Crippen LogP contribution in [0.15, 0.2) is 36.4 Å². The molecule has 0 saturated carbocycles. The number of fused-ring (bicyclic) bond motifs is 1. The number of hydroxylamine groups is 1. The third kappa shape index (κ3) is 5.47. The SMILES string of the molecule is CCCCCCOc1cc2c(cc1C(=O)c1ccc(C(=O)NO)cc1)C(C)(C)CCC2(C)C. The van der Waals surface area contributed by atoms with Gasteiger partial charge in [-0.2, -0.15) is 0 Å². The molecule has 0 radical (unpaired) electrons. The van der Waals surface area contributed by atoms with Crippen molar-refractivity contribution in [2.45, 2.75) is 84.0 Å². The van der Waals surface area contributed by atoms with Gasteiger partial charge in [-0.25, -0.2) is 5.48 Å². The largest absolute Gasteiger partial charge is 0.493 e. The van der Waals surface area contributed by atoms with Crippen molar-refractivity contribution in [3.8, 4) is 5.75 Å². The number of ketones is 1. The lowest BCUT2D eigenvalue weighted by atomic mass is 9.62. The summed E-state index contributed by atoms with van der Waals surface area (Å²) in [5.41, 5.74) is 5.40. The molecule has 33 heavy (non-hydrogen) atoms. The van der Waals surface area contributed by atoms with Crippen molar-refractivity contribution < 1.29 is 19.5 Å². The van der Waals surface area contributed by atoms with Gasteiger partial charge >= 0.3 is 0 Å². The van der Waals surface area contributed by atoms with Gasteiger partial charge < -0.3 is 4.74 Å². The molecule has 0 spiro atoms. The van der Waals surface area contributed by atoms with Gasteiger partial charge in [0.1, 0.15) is 5.75 Å². The van der Waals surface area contributed by atoms with E-state index in [-0.39, 0.29) is 22.2 Å². The Morgan fingerprint density at radius 3 is 2.06 bits per heavy atom. The first-order valence-electron chi connectivity index (χ1n) is 12.0. The third-order valence-electron chi connectivity index (χ3n) is 6.96. The summed E-state index contributed by atoms with van der Waals surface area (Å²) in [5, 5.41) is 8.84. The monoisotopic (exact) mass is 451 g/mol. The van der Waals surface area contributed by atoms with E-state index in [0.29, 0.717) is 23.5 Å². The molecule has 178 valence electrons. The van der Waals surface area contributed by atoms with Gasteiger partial charge in [0, 0.05) is 11.1 Å². The summed E-state index contributed by atoms with van der Waals surface area (Å²) in [6, 6.07) is 10.4. The molecule has 0 unspecified atom stereocenters. The van der Waals surface area contributed by atoms with E-state index < -0.39 is 5.91 Å². The number of ether oxygens (including phenoxy) is 1. The van der Waals surface area contributed by atoms with Crippen LogP contribution >= 0.6 is 0 Å². The molecular weight excluding hydrogens is 414 g/mol. The van der Waals surface area contributed by atoms with Crippen LogP contribution in [-0.4, -0.2) is 23.5 Å². The molecule has 1 amide bonds. The van der Waals surface area contributed by atoms with Gasteiger partial charge in [-0.1, -0.05) is 66.0 Å². The van der Waals surface area contributed by atoms with Crippen molar-refractivity contribution in [3.05, 3.63) is 64.2 Å². The molecule has 2 N–H and O–H groups in total. The Bertz CT molecular complexity index is 1010. The second-order valence-electron chi connectivity index (χ2n) is 10.4. The van der Waals surface area contributed by atoms with Crippen LogP contribution in [0.4, 0.5) is 0 Å². The molecular formula is C28H37NO4. The van der Waals surface area contributed by atoms with Crippen molar-refractivity contribution in [1.82, 2.24) is 5.48 Å². The Kier molecular flexibility index (Phi) is 7.63. The van der Waals surface area contributed by atoms with Crippen LogP contribution in [-0.2, 0) is 10.8 Å². The van der Waals surface area contributed by atoms with E-state index in [1.165, 1.54) is 29.7 Å². The summed E-state index contributed by atoms with van der Waals surface area (Å²) < 4.78 is 6.22. The second kappa shape index (κ2) is 10.1. The lowest BCUT2D eigenvalue weighted by Gasteiger charge is -2.42. The maximum atomic E-state index is 13.6. The first-order valence-corrected chi connectivity index (χ1v) is 12.0. The zero-order valence-corrected chi connectivity index (χ0v) is 20.6. The molecule has 5 heteroatoms. The molecule has 0 saturated heterocycles. The molecule has 2 aromatic carbocycles. The standard InChI is InChI=1S/C28H37NO4/c1-6-7-8-9-16-33-24-18-23-22(27(2,3)14-15-28(23,4)5)17-21(24)25(30)19-10-12-20(13-11-19)26(31)29-32/h10-13,17-18,32H,6-9,14-16H2,1-5H3,(H,29,31). The summed E-state index contributed by atoms with van der Waals surface area (Å²) in [5.74, 6) is -0.0995. The minimum atomic E-state index is -0.608. The Morgan fingerprint density at radius 1 is 0.909 bits per heavy atom. The fourth-order valence-electron chi connectivity index (χ4n) is 4.59. The van der Waals surface area contributed by atoms with Crippen LogP contribution in [0.1, 0.15) is 111 Å². The zero-order chi connectivity index (χ0) is 24.2. The van der Waals surface area contributed by atoms with Crippen molar-refractivity contribution in [3.63, 3.8) is 0 Å². The van der Waals surface area contributed by atoms with Crippen LogP contribution < -0.4 is 10.2 Å². The van der Waals surface area contributed by atoms with Gasteiger partial charge in [-0.3, -0.25) is 14.8 Å². The zero-order valence-electron chi connectivity index (χ0n) is 20.6. The average Bonchev–Trinajstić information content (AvgIpc) is 2.80. The van der Waals surface area contributed by atoms with Gasteiger partial charge in [0.25, 0.3) is 5.91 Å². The Morgan fingerprint density at radius 2 is 1.48 bits per heavy atom. The average molecular weight is 452 g/mol. The van der Waals surface area contributed by atoms with Crippen LogP contribution in [0.3, 0.4) is 0 Å². The van der Waals surface area contributed by atoms with Gasteiger partial charge in [-0.05, 0) is 65.5 Å². The second-order valence-corrected chi connectivity index (χ2v) is 10.4. The van der Waals surface area contributed by atoms with E-state index in [2.05, 4.69) is 40.7 Å². The van der Waals surface area contributed by atoms with Crippen molar-refractivity contribution in [2.24, 2.45) is 0 Å². The summed E-state index contributed by atoms with van der Waals surface area (Å²) in [7, 11) is 0. The number of carbonyl (C=O) groups is 2. The van der Waals surface area contributed by atoms with E-state index >= 15 is 0 Å². The van der Waals surface area contributed by atoms with Crippen LogP contribution in [0.25, 0.3) is 0 Å². The molecule has 3 rings (SSSR count). The Hall–Kier alpha value is -2.66. The molecule has 0 aliphatic heterocycles.